The molecule has 0 radical (unpaired) electrons. The van der Waals surface area contributed by atoms with Crippen molar-refractivity contribution in [2.45, 2.75) is 69.6 Å². The molecule has 2 saturated heterocycles. The van der Waals surface area contributed by atoms with Crippen molar-refractivity contribution < 1.29 is 5.11 Å². The Balaban J connectivity index is 1.32. The lowest BCUT2D eigenvalue weighted by Crippen LogP contribution is -2.50. The van der Waals surface area contributed by atoms with Crippen molar-refractivity contribution in [1.29, 1.82) is 0 Å². The standard InChI is InChI=1S/C28H36N6O2/c35-22-8-5-19(6-9-22)34-26-25(16-30-28(31-26)29-15-18-3-4-18)23-10-7-20(14-24(23)27(34)36)33-13-12-32-11-1-2-21(32)17-33/h7,10,14,16,18-19,21-22,35H,1-6,8-9,11-13,15,17H2,(H,29,30,31). The van der Waals surface area contributed by atoms with Crippen LogP contribution in [-0.2, 0) is 0 Å². The van der Waals surface area contributed by atoms with Crippen molar-refractivity contribution in [3.63, 3.8) is 0 Å². The van der Waals surface area contributed by atoms with E-state index in [9.17, 15) is 9.90 Å². The number of anilines is 2. The molecule has 8 heteroatoms. The first-order chi connectivity index (χ1) is 17.6. The average molecular weight is 489 g/mol. The van der Waals surface area contributed by atoms with E-state index in [1.54, 1.807) is 0 Å². The van der Waals surface area contributed by atoms with E-state index < -0.39 is 0 Å². The van der Waals surface area contributed by atoms with Crippen LogP contribution in [0.4, 0.5) is 11.6 Å². The molecule has 0 spiro atoms. The highest BCUT2D eigenvalue weighted by Crippen LogP contribution is 2.34. The Bertz CT molecular complexity index is 1340. The summed E-state index contributed by atoms with van der Waals surface area (Å²) >= 11 is 0. The molecule has 2 N–H and O–H groups in total. The summed E-state index contributed by atoms with van der Waals surface area (Å²) in [5, 5.41) is 16.1. The van der Waals surface area contributed by atoms with Gasteiger partial charge in [0.1, 0.15) is 5.65 Å². The van der Waals surface area contributed by atoms with Crippen molar-refractivity contribution in [2.24, 2.45) is 5.92 Å². The predicted octanol–water partition coefficient (Wildman–Crippen LogP) is 3.53. The number of benzene rings is 1. The largest absolute Gasteiger partial charge is 0.393 e. The number of nitrogens with zero attached hydrogens (tertiary/aromatic N) is 5. The van der Waals surface area contributed by atoms with Gasteiger partial charge in [-0.15, -0.1) is 0 Å². The van der Waals surface area contributed by atoms with Crippen LogP contribution in [0, 0.1) is 5.92 Å². The lowest BCUT2D eigenvalue weighted by atomic mass is 9.92. The molecule has 1 unspecified atom stereocenters. The zero-order valence-corrected chi connectivity index (χ0v) is 20.9. The summed E-state index contributed by atoms with van der Waals surface area (Å²) in [5.41, 5.74) is 1.89. The van der Waals surface area contributed by atoms with E-state index in [0.29, 0.717) is 17.9 Å². The number of hydrogen-bond donors (Lipinski definition) is 2. The fourth-order valence-electron chi connectivity index (χ4n) is 6.64. The second-order valence-electron chi connectivity index (χ2n) is 11.4. The predicted molar refractivity (Wildman–Crippen MR) is 143 cm³/mol. The Morgan fingerprint density at radius 3 is 2.64 bits per heavy atom. The average Bonchev–Trinajstić information content (AvgIpc) is 3.62. The molecule has 0 bridgehead atoms. The van der Waals surface area contributed by atoms with Crippen LogP contribution in [0.3, 0.4) is 0 Å². The molecule has 2 saturated carbocycles. The van der Waals surface area contributed by atoms with E-state index in [2.05, 4.69) is 38.3 Å². The Morgan fingerprint density at radius 2 is 1.81 bits per heavy atom. The zero-order chi connectivity index (χ0) is 24.2. The van der Waals surface area contributed by atoms with Gasteiger partial charge in [-0.2, -0.15) is 4.98 Å². The van der Waals surface area contributed by atoms with Crippen molar-refractivity contribution in [1.82, 2.24) is 19.4 Å². The second-order valence-corrected chi connectivity index (χ2v) is 11.4. The Kier molecular flexibility index (Phi) is 5.62. The smallest absolute Gasteiger partial charge is 0.260 e. The van der Waals surface area contributed by atoms with Gasteiger partial charge < -0.3 is 15.3 Å². The molecule has 4 aliphatic rings. The summed E-state index contributed by atoms with van der Waals surface area (Å²) < 4.78 is 1.92. The first-order valence-electron chi connectivity index (χ1n) is 13.9. The number of pyridine rings is 1. The third kappa shape index (κ3) is 4.04. The summed E-state index contributed by atoms with van der Waals surface area (Å²) in [6.07, 6.45) is 9.74. The van der Waals surface area contributed by atoms with Crippen LogP contribution in [0.5, 0.6) is 0 Å². The van der Waals surface area contributed by atoms with Gasteiger partial charge in [0.15, 0.2) is 0 Å². The van der Waals surface area contributed by atoms with Gasteiger partial charge in [0.2, 0.25) is 5.95 Å². The topological polar surface area (TPSA) is 86.5 Å². The summed E-state index contributed by atoms with van der Waals surface area (Å²) in [4.78, 5) is 28.7. The second kappa shape index (κ2) is 8.99. The van der Waals surface area contributed by atoms with E-state index in [4.69, 9.17) is 4.98 Å². The molecule has 1 atom stereocenters. The summed E-state index contributed by atoms with van der Waals surface area (Å²) in [5.74, 6) is 1.32. The normalized spacial score (nSPS) is 27.0. The molecule has 4 fully saturated rings. The van der Waals surface area contributed by atoms with Crippen LogP contribution in [0.2, 0.25) is 0 Å². The van der Waals surface area contributed by atoms with E-state index in [1.165, 1.54) is 32.2 Å². The molecule has 2 aromatic heterocycles. The number of hydrogen-bond acceptors (Lipinski definition) is 7. The molecule has 1 aromatic carbocycles. The SMILES string of the molecule is O=c1c2cc(N3CCN4CCCC4C3)ccc2c2cnc(NCC3CC3)nc2n1C1CCC(O)CC1. The molecule has 4 heterocycles. The van der Waals surface area contributed by atoms with Crippen molar-refractivity contribution >= 4 is 33.4 Å². The molecular formula is C28H36N6O2. The number of fused-ring (bicyclic) bond motifs is 4. The van der Waals surface area contributed by atoms with Crippen LogP contribution >= 0.6 is 0 Å². The first-order valence-corrected chi connectivity index (χ1v) is 13.9. The van der Waals surface area contributed by atoms with Gasteiger partial charge in [0, 0.05) is 55.5 Å². The fraction of sp³-hybridized carbons (Fsp3) is 0.607. The Morgan fingerprint density at radius 1 is 0.944 bits per heavy atom. The van der Waals surface area contributed by atoms with Gasteiger partial charge in [0.25, 0.3) is 5.56 Å². The minimum absolute atomic E-state index is 0.0343. The Labute approximate surface area is 211 Å². The highest BCUT2D eigenvalue weighted by atomic mass is 16.3. The van der Waals surface area contributed by atoms with Gasteiger partial charge in [0.05, 0.1) is 11.5 Å². The quantitative estimate of drug-likeness (QED) is 0.532. The van der Waals surface area contributed by atoms with E-state index >= 15 is 0 Å². The van der Waals surface area contributed by atoms with Crippen LogP contribution in [0.15, 0.2) is 29.2 Å². The van der Waals surface area contributed by atoms with Gasteiger partial charge in [-0.25, -0.2) is 4.98 Å². The molecule has 0 amide bonds. The zero-order valence-electron chi connectivity index (χ0n) is 20.9. The van der Waals surface area contributed by atoms with Crippen LogP contribution < -0.4 is 15.8 Å². The first kappa shape index (κ1) is 22.5. The van der Waals surface area contributed by atoms with Gasteiger partial charge in [-0.05, 0) is 81.3 Å². The lowest BCUT2D eigenvalue weighted by Gasteiger charge is -2.39. The van der Waals surface area contributed by atoms with E-state index in [0.717, 1.165) is 79.4 Å². The van der Waals surface area contributed by atoms with E-state index in [-0.39, 0.29) is 17.7 Å². The van der Waals surface area contributed by atoms with Crippen LogP contribution in [0.1, 0.15) is 57.4 Å². The maximum atomic E-state index is 14.1. The fourth-order valence-corrected chi connectivity index (χ4v) is 6.64. The Hall–Kier alpha value is -2.71. The van der Waals surface area contributed by atoms with Crippen molar-refractivity contribution in [3.05, 3.63) is 34.7 Å². The maximum absolute atomic E-state index is 14.1. The number of piperazine rings is 1. The molecule has 7 rings (SSSR count). The maximum Gasteiger partial charge on any atom is 0.260 e. The highest BCUT2D eigenvalue weighted by molar-refractivity contribution is 6.05. The summed E-state index contributed by atoms with van der Waals surface area (Å²) in [6.45, 7) is 5.24. The number of aromatic nitrogens is 3. The van der Waals surface area contributed by atoms with Crippen LogP contribution in [-0.4, -0.2) is 69.4 Å². The summed E-state index contributed by atoms with van der Waals surface area (Å²) in [6, 6.07) is 7.06. The molecular weight excluding hydrogens is 452 g/mol. The molecule has 190 valence electrons. The monoisotopic (exact) mass is 488 g/mol. The molecule has 2 aliphatic heterocycles. The number of aliphatic hydroxyl groups is 1. The lowest BCUT2D eigenvalue weighted by molar-refractivity contribution is 0.111. The minimum atomic E-state index is -0.269. The van der Waals surface area contributed by atoms with Crippen molar-refractivity contribution in [2.75, 3.05) is 42.9 Å². The molecule has 3 aromatic rings. The van der Waals surface area contributed by atoms with Gasteiger partial charge in [-0.3, -0.25) is 14.3 Å². The highest BCUT2D eigenvalue weighted by Gasteiger charge is 2.31. The van der Waals surface area contributed by atoms with Gasteiger partial charge in [-0.1, -0.05) is 6.07 Å². The minimum Gasteiger partial charge on any atom is -0.393 e. The number of nitrogens with one attached hydrogen (secondary N) is 1. The molecule has 2 aliphatic carbocycles. The molecule has 36 heavy (non-hydrogen) atoms. The van der Waals surface area contributed by atoms with Crippen molar-refractivity contribution in [3.8, 4) is 0 Å². The van der Waals surface area contributed by atoms with Gasteiger partial charge >= 0.3 is 0 Å². The third-order valence-electron chi connectivity index (χ3n) is 8.97. The molecule has 8 nitrogen and oxygen atoms in total. The van der Waals surface area contributed by atoms with Crippen LogP contribution in [0.25, 0.3) is 21.8 Å². The summed E-state index contributed by atoms with van der Waals surface area (Å²) in [7, 11) is 0. The third-order valence-corrected chi connectivity index (χ3v) is 8.97. The number of rotatable bonds is 5. The van der Waals surface area contributed by atoms with E-state index in [1.807, 2.05) is 10.8 Å². The number of aliphatic hydroxyl groups excluding tert-OH is 1.